The summed E-state index contributed by atoms with van der Waals surface area (Å²) >= 11 is 0. The van der Waals surface area contributed by atoms with Gasteiger partial charge in [0, 0.05) is 29.3 Å². The van der Waals surface area contributed by atoms with Crippen molar-refractivity contribution in [1.29, 1.82) is 0 Å². The van der Waals surface area contributed by atoms with Crippen molar-refractivity contribution < 1.29 is 19.5 Å². The largest absolute Gasteiger partial charge is 0.465 e. The number of hydrogen-bond acceptors (Lipinski definition) is 5. The summed E-state index contributed by atoms with van der Waals surface area (Å²) in [6.07, 6.45) is 0.968. The summed E-state index contributed by atoms with van der Waals surface area (Å²) in [6.45, 7) is -0.0861. The molecule has 0 unspecified atom stereocenters. The number of carboxylic acid groups (broad SMARTS) is 1. The highest BCUT2D eigenvalue weighted by Crippen LogP contribution is 2.34. The molecule has 0 aliphatic carbocycles. The zero-order valence-electron chi connectivity index (χ0n) is 15.4. The summed E-state index contributed by atoms with van der Waals surface area (Å²) in [6, 6.07) is 17.9. The van der Waals surface area contributed by atoms with Crippen LogP contribution in [0, 0.1) is 0 Å². The van der Waals surface area contributed by atoms with Gasteiger partial charge in [0.05, 0.1) is 12.6 Å². The predicted molar refractivity (Wildman–Crippen MR) is 107 cm³/mol. The van der Waals surface area contributed by atoms with E-state index in [-0.39, 0.29) is 6.61 Å². The Morgan fingerprint density at radius 1 is 1.10 bits per heavy atom. The van der Waals surface area contributed by atoms with Gasteiger partial charge in [0.2, 0.25) is 0 Å². The third kappa shape index (κ3) is 3.95. The molecule has 0 saturated carbocycles. The average molecular weight is 389 g/mol. The Balaban J connectivity index is 1.79. The number of fused-ring (bicyclic) bond motifs is 1. The number of nitrogens with zero attached hydrogens (tertiary/aromatic N) is 2. The van der Waals surface area contributed by atoms with Gasteiger partial charge in [0.1, 0.15) is 5.69 Å². The van der Waals surface area contributed by atoms with Crippen LogP contribution in [0.2, 0.25) is 0 Å². The van der Waals surface area contributed by atoms with Gasteiger partial charge in [0.25, 0.3) is 0 Å². The summed E-state index contributed by atoms with van der Waals surface area (Å²) in [5.74, 6) is 0. The Hall–Kier alpha value is -3.71. The van der Waals surface area contributed by atoms with Crippen LogP contribution >= 0.6 is 0 Å². The molecule has 1 amide bonds. The standard InChI is InChI=1S/C22H19N3O4/c26-13-14-8-9-18-20(11-14)29-25-21(18)17-7-2-1-6-16(17)19(24-22(27)28)12-15-5-3-4-10-23-15/h1-11,19,24,26H,12-13H2,(H,27,28)/t19-/m0/s1. The summed E-state index contributed by atoms with van der Waals surface area (Å²) < 4.78 is 5.47. The smallest absolute Gasteiger partial charge is 0.405 e. The lowest BCUT2D eigenvalue weighted by atomic mass is 9.93. The van der Waals surface area contributed by atoms with Crippen LogP contribution in [0.3, 0.4) is 0 Å². The van der Waals surface area contributed by atoms with Gasteiger partial charge < -0.3 is 20.1 Å². The third-order valence-corrected chi connectivity index (χ3v) is 4.75. The van der Waals surface area contributed by atoms with Crippen LogP contribution in [0.15, 0.2) is 71.4 Å². The highest BCUT2D eigenvalue weighted by atomic mass is 16.5. The fourth-order valence-electron chi connectivity index (χ4n) is 3.41. The van der Waals surface area contributed by atoms with E-state index < -0.39 is 12.1 Å². The molecule has 2 aromatic heterocycles. The first-order valence-corrected chi connectivity index (χ1v) is 9.13. The maximum atomic E-state index is 11.5. The monoisotopic (exact) mass is 389 g/mol. The Morgan fingerprint density at radius 2 is 1.93 bits per heavy atom. The van der Waals surface area contributed by atoms with E-state index in [0.29, 0.717) is 17.7 Å². The quantitative estimate of drug-likeness (QED) is 0.461. The molecule has 0 fully saturated rings. The lowest BCUT2D eigenvalue weighted by molar-refractivity contribution is 0.189. The molecule has 7 nitrogen and oxygen atoms in total. The number of nitrogens with one attached hydrogen (secondary N) is 1. The van der Waals surface area contributed by atoms with Crippen LogP contribution in [0.4, 0.5) is 4.79 Å². The van der Waals surface area contributed by atoms with Crippen molar-refractivity contribution in [2.24, 2.45) is 0 Å². The van der Waals surface area contributed by atoms with Crippen LogP contribution in [-0.2, 0) is 13.0 Å². The van der Waals surface area contributed by atoms with Crippen molar-refractivity contribution in [3.05, 3.63) is 83.7 Å². The van der Waals surface area contributed by atoms with Gasteiger partial charge in [-0.25, -0.2) is 4.79 Å². The molecule has 3 N–H and O–H groups in total. The number of carbonyl (C=O) groups is 1. The van der Waals surface area contributed by atoms with E-state index in [2.05, 4.69) is 15.5 Å². The number of amides is 1. The molecular weight excluding hydrogens is 370 g/mol. The van der Waals surface area contributed by atoms with Crippen molar-refractivity contribution in [1.82, 2.24) is 15.5 Å². The first kappa shape index (κ1) is 18.6. The minimum Gasteiger partial charge on any atom is -0.465 e. The average Bonchev–Trinajstić information content (AvgIpc) is 3.16. The summed E-state index contributed by atoms with van der Waals surface area (Å²) in [5.41, 5.74) is 4.25. The summed E-state index contributed by atoms with van der Waals surface area (Å²) in [5, 5.41) is 26.3. The van der Waals surface area contributed by atoms with Crippen LogP contribution in [0.25, 0.3) is 22.2 Å². The van der Waals surface area contributed by atoms with Crippen molar-refractivity contribution in [3.8, 4) is 11.3 Å². The first-order chi connectivity index (χ1) is 14.2. The molecule has 7 heteroatoms. The van der Waals surface area contributed by atoms with Gasteiger partial charge in [-0.1, -0.05) is 41.6 Å². The minimum absolute atomic E-state index is 0.0861. The first-order valence-electron chi connectivity index (χ1n) is 9.13. The van der Waals surface area contributed by atoms with Crippen LogP contribution in [-0.4, -0.2) is 26.4 Å². The van der Waals surface area contributed by atoms with Crippen molar-refractivity contribution >= 4 is 17.1 Å². The Labute approximate surface area is 166 Å². The molecule has 29 heavy (non-hydrogen) atoms. The molecule has 2 heterocycles. The zero-order chi connectivity index (χ0) is 20.2. The van der Waals surface area contributed by atoms with Crippen LogP contribution in [0.1, 0.15) is 22.9 Å². The molecular formula is C22H19N3O4. The molecule has 146 valence electrons. The SMILES string of the molecule is O=C(O)N[C@@H](Cc1ccccn1)c1ccccc1-c1noc2cc(CO)ccc12. The van der Waals surface area contributed by atoms with Gasteiger partial charge in [-0.2, -0.15) is 0 Å². The molecule has 4 aromatic rings. The molecule has 2 aromatic carbocycles. The second-order valence-electron chi connectivity index (χ2n) is 6.63. The molecule has 0 saturated heterocycles. The molecule has 0 aliphatic heterocycles. The van der Waals surface area contributed by atoms with Gasteiger partial charge in [0.15, 0.2) is 5.58 Å². The number of rotatable bonds is 6. The lowest BCUT2D eigenvalue weighted by Crippen LogP contribution is -2.29. The van der Waals surface area contributed by atoms with Gasteiger partial charge in [-0.05, 0) is 35.4 Å². The topological polar surface area (TPSA) is 108 Å². The summed E-state index contributed by atoms with van der Waals surface area (Å²) in [4.78, 5) is 15.8. The number of aliphatic hydroxyl groups excluding tert-OH is 1. The number of aromatic nitrogens is 2. The normalized spacial score (nSPS) is 12.0. The Morgan fingerprint density at radius 3 is 2.69 bits per heavy atom. The minimum atomic E-state index is -1.11. The maximum absolute atomic E-state index is 11.5. The van der Waals surface area contributed by atoms with E-state index in [1.165, 1.54) is 0 Å². The Bertz CT molecular complexity index is 1140. The zero-order valence-corrected chi connectivity index (χ0v) is 15.4. The van der Waals surface area contributed by atoms with Crippen molar-refractivity contribution in [3.63, 3.8) is 0 Å². The highest BCUT2D eigenvalue weighted by Gasteiger charge is 2.22. The molecule has 0 radical (unpaired) electrons. The van der Waals surface area contributed by atoms with Gasteiger partial charge in [-0.3, -0.25) is 4.98 Å². The van der Waals surface area contributed by atoms with Crippen LogP contribution < -0.4 is 5.32 Å². The van der Waals surface area contributed by atoms with Gasteiger partial charge in [-0.15, -0.1) is 0 Å². The number of hydrogen-bond donors (Lipinski definition) is 3. The lowest BCUT2D eigenvalue weighted by Gasteiger charge is -2.20. The number of aliphatic hydroxyl groups is 1. The van der Waals surface area contributed by atoms with E-state index in [1.54, 1.807) is 12.3 Å². The fraction of sp³-hybridized carbons (Fsp3) is 0.136. The molecule has 0 bridgehead atoms. The van der Waals surface area contributed by atoms with E-state index in [1.807, 2.05) is 54.6 Å². The molecule has 0 aliphatic rings. The van der Waals surface area contributed by atoms with E-state index in [0.717, 1.165) is 27.8 Å². The Kier molecular flexibility index (Phi) is 5.22. The van der Waals surface area contributed by atoms with Crippen molar-refractivity contribution in [2.45, 2.75) is 19.1 Å². The van der Waals surface area contributed by atoms with Crippen LogP contribution in [0.5, 0.6) is 0 Å². The van der Waals surface area contributed by atoms with Crippen molar-refractivity contribution in [2.75, 3.05) is 0 Å². The fourth-order valence-corrected chi connectivity index (χ4v) is 3.41. The number of benzene rings is 2. The molecule has 4 rings (SSSR count). The summed E-state index contributed by atoms with van der Waals surface area (Å²) in [7, 11) is 0. The predicted octanol–water partition coefficient (Wildman–Crippen LogP) is 3.93. The number of pyridine rings is 1. The highest BCUT2D eigenvalue weighted by molar-refractivity contribution is 5.92. The second-order valence-corrected chi connectivity index (χ2v) is 6.63. The van der Waals surface area contributed by atoms with E-state index in [4.69, 9.17) is 4.52 Å². The third-order valence-electron chi connectivity index (χ3n) is 4.75. The van der Waals surface area contributed by atoms with E-state index >= 15 is 0 Å². The van der Waals surface area contributed by atoms with E-state index in [9.17, 15) is 15.0 Å². The maximum Gasteiger partial charge on any atom is 0.405 e. The second kappa shape index (κ2) is 8.12. The molecule has 0 spiro atoms. The van der Waals surface area contributed by atoms with Gasteiger partial charge >= 0.3 is 6.09 Å². The molecule has 1 atom stereocenters.